The summed E-state index contributed by atoms with van der Waals surface area (Å²) in [6.45, 7) is 8.61. The molecule has 0 aromatic heterocycles. The van der Waals surface area contributed by atoms with Gasteiger partial charge in [-0.2, -0.15) is 8.42 Å². The lowest BCUT2D eigenvalue weighted by molar-refractivity contribution is 0.194. The van der Waals surface area contributed by atoms with Gasteiger partial charge in [-0.3, -0.25) is 0 Å². The van der Waals surface area contributed by atoms with Gasteiger partial charge in [-0.15, -0.1) is 0 Å². The molecular formula is C13H28O4S. The molecule has 0 N–H and O–H groups in total. The van der Waals surface area contributed by atoms with Crippen LogP contribution in [-0.4, -0.2) is 21.6 Å². The summed E-state index contributed by atoms with van der Waals surface area (Å²) in [5, 5.41) is 0. The fourth-order valence-electron chi connectivity index (χ4n) is 1.39. The zero-order valence-corrected chi connectivity index (χ0v) is 13.0. The minimum absolute atomic E-state index is 0.177. The van der Waals surface area contributed by atoms with Crippen molar-refractivity contribution in [2.75, 3.05) is 13.2 Å². The maximum absolute atomic E-state index is 11.3. The van der Waals surface area contributed by atoms with Crippen molar-refractivity contribution in [1.82, 2.24) is 0 Å². The number of hydrogen-bond donors (Lipinski definition) is 0. The summed E-state index contributed by atoms with van der Waals surface area (Å²) < 4.78 is 32.0. The van der Waals surface area contributed by atoms with Crippen LogP contribution in [0, 0.1) is 11.8 Å². The van der Waals surface area contributed by atoms with Gasteiger partial charge < -0.3 is 0 Å². The minimum Gasteiger partial charge on any atom is -0.248 e. The molecule has 0 radical (unpaired) electrons. The number of rotatable bonds is 11. The van der Waals surface area contributed by atoms with E-state index in [1.54, 1.807) is 0 Å². The first-order chi connectivity index (χ1) is 8.37. The predicted molar refractivity (Wildman–Crippen MR) is 73.6 cm³/mol. The third-order valence-electron chi connectivity index (χ3n) is 2.81. The summed E-state index contributed by atoms with van der Waals surface area (Å²) in [6.07, 6.45) is 5.30. The lowest BCUT2D eigenvalue weighted by Crippen LogP contribution is -2.14. The molecule has 0 bridgehead atoms. The van der Waals surface area contributed by atoms with Crippen LogP contribution in [0.5, 0.6) is 0 Å². The average Bonchev–Trinajstić information content (AvgIpc) is 2.30. The quantitative estimate of drug-likeness (QED) is 0.543. The van der Waals surface area contributed by atoms with Crippen molar-refractivity contribution in [3.8, 4) is 0 Å². The highest BCUT2D eigenvalue weighted by Gasteiger charge is 2.12. The summed E-state index contributed by atoms with van der Waals surface area (Å²) in [6, 6.07) is 0. The third kappa shape index (κ3) is 11.0. The molecule has 0 spiro atoms. The molecule has 0 amide bonds. The van der Waals surface area contributed by atoms with Gasteiger partial charge in [0.05, 0.1) is 13.2 Å². The van der Waals surface area contributed by atoms with Crippen LogP contribution in [0.4, 0.5) is 0 Å². The Bertz CT molecular complexity index is 285. The van der Waals surface area contributed by atoms with Crippen molar-refractivity contribution < 1.29 is 16.8 Å². The van der Waals surface area contributed by atoms with E-state index in [-0.39, 0.29) is 19.1 Å². The van der Waals surface area contributed by atoms with Gasteiger partial charge in [-0.25, -0.2) is 8.37 Å². The Morgan fingerprint density at radius 1 is 1.00 bits per heavy atom. The highest BCUT2D eigenvalue weighted by molar-refractivity contribution is 7.81. The Morgan fingerprint density at radius 2 is 1.67 bits per heavy atom. The van der Waals surface area contributed by atoms with Gasteiger partial charge in [0.25, 0.3) is 0 Å². The summed E-state index contributed by atoms with van der Waals surface area (Å²) >= 11 is 0. The molecule has 4 nitrogen and oxygen atoms in total. The van der Waals surface area contributed by atoms with E-state index >= 15 is 0 Å². The Labute approximate surface area is 112 Å². The van der Waals surface area contributed by atoms with Crippen LogP contribution in [0.25, 0.3) is 0 Å². The van der Waals surface area contributed by atoms with Gasteiger partial charge in [-0.1, -0.05) is 53.4 Å². The van der Waals surface area contributed by atoms with Gasteiger partial charge in [0, 0.05) is 0 Å². The summed E-state index contributed by atoms with van der Waals surface area (Å²) in [4.78, 5) is 0. The van der Waals surface area contributed by atoms with Crippen LogP contribution in [0.1, 0.15) is 59.8 Å². The highest BCUT2D eigenvalue weighted by Crippen LogP contribution is 2.12. The molecule has 0 aromatic carbocycles. The SMILES string of the molecule is CCC(C)CCCCCOS(=O)(=O)OCC(C)C. The van der Waals surface area contributed by atoms with E-state index in [4.69, 9.17) is 8.37 Å². The fraction of sp³-hybridized carbons (Fsp3) is 1.00. The van der Waals surface area contributed by atoms with E-state index in [0.29, 0.717) is 0 Å². The lowest BCUT2D eigenvalue weighted by atomic mass is 10.0. The zero-order chi connectivity index (χ0) is 14.0. The van der Waals surface area contributed by atoms with Crippen LogP contribution in [0.3, 0.4) is 0 Å². The number of hydrogen-bond acceptors (Lipinski definition) is 4. The molecule has 0 rings (SSSR count). The molecule has 0 aliphatic carbocycles. The van der Waals surface area contributed by atoms with Crippen LogP contribution >= 0.6 is 0 Å². The Balaban J connectivity index is 3.53. The van der Waals surface area contributed by atoms with Crippen molar-refractivity contribution in [1.29, 1.82) is 0 Å². The molecular weight excluding hydrogens is 252 g/mol. The average molecular weight is 280 g/mol. The molecule has 0 aromatic rings. The third-order valence-corrected chi connectivity index (χ3v) is 3.69. The van der Waals surface area contributed by atoms with Crippen molar-refractivity contribution in [3.63, 3.8) is 0 Å². The second-order valence-corrected chi connectivity index (χ2v) is 6.56. The second-order valence-electron chi connectivity index (χ2n) is 5.27. The van der Waals surface area contributed by atoms with Crippen molar-refractivity contribution in [3.05, 3.63) is 0 Å². The molecule has 5 heteroatoms. The van der Waals surface area contributed by atoms with Gasteiger partial charge in [0.15, 0.2) is 0 Å². The molecule has 0 saturated heterocycles. The van der Waals surface area contributed by atoms with Crippen LogP contribution in [0.15, 0.2) is 0 Å². The molecule has 0 aliphatic heterocycles. The first-order valence-electron chi connectivity index (χ1n) is 6.91. The van der Waals surface area contributed by atoms with Gasteiger partial charge in [0.2, 0.25) is 0 Å². The molecule has 18 heavy (non-hydrogen) atoms. The molecule has 1 atom stereocenters. The first kappa shape index (κ1) is 17.9. The lowest BCUT2D eigenvalue weighted by Gasteiger charge is -2.09. The van der Waals surface area contributed by atoms with Crippen molar-refractivity contribution in [2.24, 2.45) is 11.8 Å². The smallest absolute Gasteiger partial charge is 0.248 e. The van der Waals surface area contributed by atoms with E-state index in [9.17, 15) is 8.42 Å². The topological polar surface area (TPSA) is 52.6 Å². The van der Waals surface area contributed by atoms with E-state index in [1.165, 1.54) is 12.8 Å². The molecule has 0 heterocycles. The summed E-state index contributed by atoms with van der Waals surface area (Å²) in [5.74, 6) is 0.933. The van der Waals surface area contributed by atoms with Gasteiger partial charge >= 0.3 is 10.4 Å². The van der Waals surface area contributed by atoms with Gasteiger partial charge in [0.1, 0.15) is 0 Å². The molecule has 0 aliphatic rings. The summed E-state index contributed by atoms with van der Waals surface area (Å²) in [7, 11) is -3.78. The van der Waals surface area contributed by atoms with Crippen LogP contribution in [-0.2, 0) is 18.8 Å². The van der Waals surface area contributed by atoms with E-state index in [2.05, 4.69) is 13.8 Å². The Hall–Kier alpha value is -0.130. The van der Waals surface area contributed by atoms with Crippen molar-refractivity contribution in [2.45, 2.75) is 59.8 Å². The normalized spacial score (nSPS) is 14.1. The standard InChI is InChI=1S/C13H28O4S/c1-5-13(4)9-7-6-8-10-16-18(14,15)17-11-12(2)3/h12-13H,5-11H2,1-4H3. The largest absolute Gasteiger partial charge is 0.399 e. The first-order valence-corrected chi connectivity index (χ1v) is 8.24. The predicted octanol–water partition coefficient (Wildman–Crippen LogP) is 3.53. The fourth-order valence-corrected chi connectivity index (χ4v) is 2.22. The Kier molecular flexibility index (Phi) is 9.68. The monoisotopic (exact) mass is 280 g/mol. The highest BCUT2D eigenvalue weighted by atomic mass is 32.3. The molecule has 110 valence electrons. The van der Waals surface area contributed by atoms with Crippen molar-refractivity contribution >= 4 is 10.4 Å². The minimum atomic E-state index is -3.78. The van der Waals surface area contributed by atoms with E-state index in [0.717, 1.165) is 25.2 Å². The molecule has 0 fully saturated rings. The zero-order valence-electron chi connectivity index (χ0n) is 12.1. The van der Waals surface area contributed by atoms with Gasteiger partial charge in [-0.05, 0) is 18.3 Å². The Morgan fingerprint density at radius 3 is 2.22 bits per heavy atom. The molecule has 0 saturated carbocycles. The maximum Gasteiger partial charge on any atom is 0.399 e. The van der Waals surface area contributed by atoms with Crippen LogP contribution in [0.2, 0.25) is 0 Å². The maximum atomic E-state index is 11.3. The van der Waals surface area contributed by atoms with E-state index < -0.39 is 10.4 Å². The van der Waals surface area contributed by atoms with E-state index in [1.807, 2.05) is 13.8 Å². The number of unbranched alkanes of at least 4 members (excludes halogenated alkanes) is 2. The van der Waals surface area contributed by atoms with Crippen LogP contribution < -0.4 is 0 Å². The molecule has 1 unspecified atom stereocenters. The second kappa shape index (κ2) is 9.75. The summed E-state index contributed by atoms with van der Waals surface area (Å²) in [5.41, 5.74) is 0.